The topological polar surface area (TPSA) is 82.8 Å². The van der Waals surface area contributed by atoms with E-state index in [1.165, 1.54) is 18.3 Å². The molecule has 0 saturated carbocycles. The van der Waals surface area contributed by atoms with E-state index in [0.29, 0.717) is 10.6 Å². The average Bonchev–Trinajstić information content (AvgIpc) is 2.81. The number of aryl methyl sites for hydroxylation is 1. The lowest BCUT2D eigenvalue weighted by atomic mass is 10.3. The monoisotopic (exact) mass is 279 g/mol. The Morgan fingerprint density at radius 2 is 2.17 bits per heavy atom. The van der Waals surface area contributed by atoms with E-state index in [9.17, 15) is 8.42 Å². The van der Waals surface area contributed by atoms with Crippen LogP contribution in [0, 0.1) is 18.3 Å². The lowest BCUT2D eigenvalue weighted by molar-refractivity contribution is 0.603. The third kappa shape index (κ3) is 2.50. The van der Waals surface area contributed by atoms with Crippen LogP contribution in [-0.4, -0.2) is 13.4 Å². The lowest BCUT2D eigenvalue weighted by Crippen LogP contribution is -2.12. The summed E-state index contributed by atoms with van der Waals surface area (Å²) in [6.07, 6.45) is 3.09. The van der Waals surface area contributed by atoms with E-state index in [1.54, 1.807) is 19.2 Å². The molecule has 0 atom stereocenters. The molecule has 0 fully saturated rings. The fourth-order valence-corrected chi connectivity index (χ4v) is 3.54. The second kappa shape index (κ2) is 4.76. The van der Waals surface area contributed by atoms with Crippen molar-refractivity contribution in [3.63, 3.8) is 0 Å². The van der Waals surface area contributed by atoms with Crippen molar-refractivity contribution in [2.45, 2.75) is 11.1 Å². The van der Waals surface area contributed by atoms with E-state index >= 15 is 0 Å². The van der Waals surface area contributed by atoms with Crippen LogP contribution in [0.3, 0.4) is 0 Å². The van der Waals surface area contributed by atoms with Gasteiger partial charge in [0.25, 0.3) is 10.0 Å². The van der Waals surface area contributed by atoms with Crippen LogP contribution in [0.4, 0.5) is 5.69 Å². The third-order valence-electron chi connectivity index (χ3n) is 2.22. The Hall–Kier alpha value is -1.91. The van der Waals surface area contributed by atoms with E-state index in [0.717, 1.165) is 16.9 Å². The molecule has 0 unspecified atom stereocenters. The molecular weight excluding hydrogens is 270 g/mol. The Morgan fingerprint density at radius 1 is 1.39 bits per heavy atom. The SMILES string of the molecule is Cc1cnccc1NS(=O)(=O)c1ccc(C#N)s1. The minimum Gasteiger partial charge on any atom is -0.279 e. The van der Waals surface area contributed by atoms with Crippen molar-refractivity contribution >= 4 is 27.0 Å². The van der Waals surface area contributed by atoms with Gasteiger partial charge in [0.05, 0.1) is 5.69 Å². The molecule has 5 nitrogen and oxygen atoms in total. The van der Waals surface area contributed by atoms with Crippen molar-refractivity contribution in [1.82, 2.24) is 4.98 Å². The number of nitriles is 1. The fraction of sp³-hybridized carbons (Fsp3) is 0.0909. The van der Waals surface area contributed by atoms with Gasteiger partial charge in [0.2, 0.25) is 0 Å². The maximum atomic E-state index is 12.1. The van der Waals surface area contributed by atoms with Crippen LogP contribution in [0.15, 0.2) is 34.8 Å². The molecule has 0 radical (unpaired) electrons. The predicted octanol–water partition coefficient (Wildman–Crippen LogP) is 2.12. The average molecular weight is 279 g/mol. The lowest BCUT2D eigenvalue weighted by Gasteiger charge is -2.07. The largest absolute Gasteiger partial charge is 0.279 e. The van der Waals surface area contributed by atoms with Gasteiger partial charge in [0.15, 0.2) is 0 Å². The van der Waals surface area contributed by atoms with Gasteiger partial charge in [-0.05, 0) is 30.7 Å². The second-order valence-corrected chi connectivity index (χ2v) is 6.52. The van der Waals surface area contributed by atoms with Crippen LogP contribution in [0.25, 0.3) is 0 Å². The highest BCUT2D eigenvalue weighted by molar-refractivity contribution is 7.94. The Kier molecular flexibility index (Phi) is 3.32. The van der Waals surface area contributed by atoms with Crippen molar-refractivity contribution in [2.24, 2.45) is 0 Å². The van der Waals surface area contributed by atoms with Crippen molar-refractivity contribution in [3.05, 3.63) is 41.0 Å². The number of thiophene rings is 1. The van der Waals surface area contributed by atoms with Crippen molar-refractivity contribution < 1.29 is 8.42 Å². The van der Waals surface area contributed by atoms with Gasteiger partial charge >= 0.3 is 0 Å². The van der Waals surface area contributed by atoms with Crippen LogP contribution in [0.5, 0.6) is 0 Å². The highest BCUT2D eigenvalue weighted by Crippen LogP contribution is 2.24. The van der Waals surface area contributed by atoms with Gasteiger partial charge in [-0.1, -0.05) is 0 Å². The first-order valence-electron chi connectivity index (χ1n) is 4.96. The van der Waals surface area contributed by atoms with Gasteiger partial charge in [-0.2, -0.15) is 5.26 Å². The Bertz CT molecular complexity index is 714. The summed E-state index contributed by atoms with van der Waals surface area (Å²) in [5.74, 6) is 0. The molecule has 2 aromatic rings. The third-order valence-corrected chi connectivity index (χ3v) is 5.07. The summed E-state index contributed by atoms with van der Waals surface area (Å²) in [4.78, 5) is 4.25. The number of sulfonamides is 1. The smallest absolute Gasteiger partial charge is 0.271 e. The van der Waals surface area contributed by atoms with Gasteiger partial charge in [-0.3, -0.25) is 9.71 Å². The molecule has 0 bridgehead atoms. The highest BCUT2D eigenvalue weighted by atomic mass is 32.2. The number of anilines is 1. The molecule has 2 aromatic heterocycles. The van der Waals surface area contributed by atoms with Crippen molar-refractivity contribution in [1.29, 1.82) is 5.26 Å². The van der Waals surface area contributed by atoms with Crippen LogP contribution in [0.1, 0.15) is 10.4 Å². The van der Waals surface area contributed by atoms with Crippen LogP contribution >= 0.6 is 11.3 Å². The second-order valence-electron chi connectivity index (χ2n) is 3.53. The van der Waals surface area contributed by atoms with Crippen LogP contribution in [-0.2, 0) is 10.0 Å². The molecule has 18 heavy (non-hydrogen) atoms. The van der Waals surface area contributed by atoms with Crippen LogP contribution in [0.2, 0.25) is 0 Å². The Balaban J connectivity index is 2.34. The molecule has 1 N–H and O–H groups in total. The summed E-state index contributed by atoms with van der Waals surface area (Å²) in [6, 6.07) is 6.40. The Labute approximate surface area is 109 Å². The molecule has 7 heteroatoms. The first-order valence-corrected chi connectivity index (χ1v) is 7.26. The maximum Gasteiger partial charge on any atom is 0.271 e. The van der Waals surface area contributed by atoms with Gasteiger partial charge in [-0.25, -0.2) is 8.42 Å². The molecular formula is C11H9N3O2S2. The maximum absolute atomic E-state index is 12.1. The number of rotatable bonds is 3. The molecule has 0 amide bonds. The first-order chi connectivity index (χ1) is 8.53. The summed E-state index contributed by atoms with van der Waals surface area (Å²) >= 11 is 0.938. The normalized spacial score (nSPS) is 10.9. The molecule has 92 valence electrons. The predicted molar refractivity (Wildman–Crippen MR) is 68.8 cm³/mol. The summed E-state index contributed by atoms with van der Waals surface area (Å²) in [6.45, 7) is 1.76. The molecule has 2 heterocycles. The summed E-state index contributed by atoms with van der Waals surface area (Å²) in [5.41, 5.74) is 1.22. The zero-order valence-corrected chi connectivity index (χ0v) is 11.0. The molecule has 0 aliphatic rings. The number of pyridine rings is 1. The minimum absolute atomic E-state index is 0.121. The molecule has 0 aliphatic carbocycles. The van der Waals surface area contributed by atoms with E-state index in [2.05, 4.69) is 9.71 Å². The summed E-state index contributed by atoms with van der Waals surface area (Å²) in [7, 11) is -3.64. The number of nitrogens with one attached hydrogen (secondary N) is 1. The fourth-order valence-electron chi connectivity index (χ4n) is 1.31. The van der Waals surface area contributed by atoms with Gasteiger partial charge < -0.3 is 0 Å². The first kappa shape index (κ1) is 12.5. The van der Waals surface area contributed by atoms with E-state index in [1.807, 2.05) is 6.07 Å². The zero-order chi connectivity index (χ0) is 13.2. The van der Waals surface area contributed by atoms with E-state index in [-0.39, 0.29) is 4.21 Å². The quantitative estimate of drug-likeness (QED) is 0.932. The highest BCUT2D eigenvalue weighted by Gasteiger charge is 2.17. The number of hydrogen-bond acceptors (Lipinski definition) is 5. The molecule has 0 saturated heterocycles. The number of aromatic nitrogens is 1. The summed E-state index contributed by atoms with van der Waals surface area (Å²) < 4.78 is 26.7. The molecule has 0 aliphatic heterocycles. The summed E-state index contributed by atoms with van der Waals surface area (Å²) in [5, 5.41) is 8.69. The Morgan fingerprint density at radius 3 is 2.78 bits per heavy atom. The molecule has 0 aromatic carbocycles. The number of nitrogens with zero attached hydrogens (tertiary/aromatic N) is 2. The van der Waals surface area contributed by atoms with Gasteiger partial charge in [0.1, 0.15) is 15.2 Å². The standard InChI is InChI=1S/C11H9N3O2S2/c1-8-7-13-5-4-10(8)14-18(15,16)11-3-2-9(6-12)17-11/h2-5,7H,1H3,(H,13,14). The van der Waals surface area contributed by atoms with E-state index < -0.39 is 10.0 Å². The number of hydrogen-bond donors (Lipinski definition) is 1. The molecule has 2 rings (SSSR count). The minimum atomic E-state index is -3.64. The van der Waals surface area contributed by atoms with Crippen molar-refractivity contribution in [2.75, 3.05) is 4.72 Å². The molecule has 0 spiro atoms. The van der Waals surface area contributed by atoms with E-state index in [4.69, 9.17) is 5.26 Å². The van der Waals surface area contributed by atoms with Gasteiger partial charge in [-0.15, -0.1) is 11.3 Å². The van der Waals surface area contributed by atoms with Gasteiger partial charge in [0, 0.05) is 12.4 Å². The van der Waals surface area contributed by atoms with Crippen molar-refractivity contribution in [3.8, 4) is 6.07 Å². The zero-order valence-electron chi connectivity index (χ0n) is 9.41. The van der Waals surface area contributed by atoms with Crippen LogP contribution < -0.4 is 4.72 Å².